The number of nitrogens with one attached hydrogen (secondary N) is 2. The maximum absolute atomic E-state index is 12.8. The van der Waals surface area contributed by atoms with Gasteiger partial charge in [-0.1, -0.05) is 54.6 Å². The molecule has 0 aromatic heterocycles. The second-order valence-corrected chi connectivity index (χ2v) is 8.59. The number of aliphatic hydroxyl groups is 1. The number of hydrogen-bond acceptors (Lipinski definition) is 8. The lowest BCUT2D eigenvalue weighted by molar-refractivity contribution is -0.111. The number of benzene rings is 3. The van der Waals surface area contributed by atoms with Crippen LogP contribution in [-0.2, 0) is 14.3 Å². The van der Waals surface area contributed by atoms with Gasteiger partial charge < -0.3 is 30.4 Å². The summed E-state index contributed by atoms with van der Waals surface area (Å²) < 4.78 is 17.1. The Labute approximate surface area is 232 Å². The standard InChI is InChI=1S/C30H33N3O7/c1-38-26(17-9-10-18-27(35)32-24-15-7-6-14-23(24)31)28(22-13-5-8-16-25(22)39-20-19-34)40-30(37)33-29(36)21-11-3-2-4-12-21/h2-8,10-16,18,26,28,34H,9,17,19-20,31H2,1H3,(H,32,35)(H,33,36,37)/b18-10+/t26-,28-/m1/s1. The zero-order chi connectivity index (χ0) is 28.7. The quantitative estimate of drug-likeness (QED) is 0.183. The van der Waals surface area contributed by atoms with Crippen molar-refractivity contribution in [3.8, 4) is 5.75 Å². The third-order valence-corrected chi connectivity index (χ3v) is 5.81. The summed E-state index contributed by atoms with van der Waals surface area (Å²) in [6, 6.07) is 22.1. The van der Waals surface area contributed by atoms with Gasteiger partial charge in [0.1, 0.15) is 12.4 Å². The number of rotatable bonds is 13. The van der Waals surface area contributed by atoms with E-state index >= 15 is 0 Å². The van der Waals surface area contributed by atoms with Gasteiger partial charge in [-0.15, -0.1) is 0 Å². The maximum Gasteiger partial charge on any atom is 0.414 e. The number of methoxy groups -OCH3 is 1. The Morgan fingerprint density at radius 1 is 0.975 bits per heavy atom. The molecule has 5 N–H and O–H groups in total. The highest BCUT2D eigenvalue weighted by molar-refractivity contribution is 6.03. The lowest BCUT2D eigenvalue weighted by atomic mass is 9.99. The highest BCUT2D eigenvalue weighted by Crippen LogP contribution is 2.33. The van der Waals surface area contributed by atoms with Crippen LogP contribution in [0.1, 0.15) is 34.9 Å². The van der Waals surface area contributed by atoms with Crippen LogP contribution in [0.2, 0.25) is 0 Å². The highest BCUT2D eigenvalue weighted by Gasteiger charge is 2.30. The van der Waals surface area contributed by atoms with Crippen LogP contribution >= 0.6 is 0 Å². The van der Waals surface area contributed by atoms with E-state index in [4.69, 9.17) is 19.9 Å². The molecule has 0 aliphatic heterocycles. The molecule has 3 amide bonds. The molecule has 0 heterocycles. The average Bonchev–Trinajstić information content (AvgIpc) is 2.97. The largest absolute Gasteiger partial charge is 0.491 e. The van der Waals surface area contributed by atoms with Gasteiger partial charge in [-0.25, -0.2) is 4.79 Å². The first-order valence-corrected chi connectivity index (χ1v) is 12.7. The lowest BCUT2D eigenvalue weighted by Gasteiger charge is -2.27. The Morgan fingerprint density at radius 3 is 2.40 bits per heavy atom. The van der Waals surface area contributed by atoms with Gasteiger partial charge in [-0.05, 0) is 49.2 Å². The van der Waals surface area contributed by atoms with Crippen molar-refractivity contribution in [2.24, 2.45) is 0 Å². The number of anilines is 2. The van der Waals surface area contributed by atoms with Crippen LogP contribution in [0.15, 0.2) is 91.0 Å². The van der Waals surface area contributed by atoms with Gasteiger partial charge in [0.15, 0.2) is 6.10 Å². The summed E-state index contributed by atoms with van der Waals surface area (Å²) in [5.41, 5.74) is 7.62. The van der Waals surface area contributed by atoms with Crippen LogP contribution in [0.5, 0.6) is 5.75 Å². The van der Waals surface area contributed by atoms with Gasteiger partial charge in [0.25, 0.3) is 5.91 Å². The van der Waals surface area contributed by atoms with Crippen molar-refractivity contribution < 1.29 is 33.7 Å². The summed E-state index contributed by atoms with van der Waals surface area (Å²) in [6.45, 7) is -0.176. The Bertz CT molecular complexity index is 1300. The first-order chi connectivity index (χ1) is 19.4. The Hall–Kier alpha value is -4.67. The van der Waals surface area contributed by atoms with Crippen LogP contribution < -0.4 is 21.1 Å². The lowest BCUT2D eigenvalue weighted by Crippen LogP contribution is -2.35. The second-order valence-electron chi connectivity index (χ2n) is 8.59. The fourth-order valence-corrected chi connectivity index (χ4v) is 3.87. The molecular formula is C30H33N3O7. The summed E-state index contributed by atoms with van der Waals surface area (Å²) >= 11 is 0. The van der Waals surface area contributed by atoms with Gasteiger partial charge in [-0.2, -0.15) is 0 Å². The van der Waals surface area contributed by atoms with Crippen molar-refractivity contribution in [3.05, 3.63) is 102 Å². The molecule has 0 saturated heterocycles. The number of nitrogens with two attached hydrogens (primary N) is 1. The number of aliphatic hydroxyl groups excluding tert-OH is 1. The van der Waals surface area contributed by atoms with E-state index < -0.39 is 24.2 Å². The number of carbonyl (C=O) groups is 3. The molecule has 3 aromatic carbocycles. The zero-order valence-electron chi connectivity index (χ0n) is 22.1. The molecule has 10 heteroatoms. The number of nitrogen functional groups attached to an aromatic ring is 1. The van der Waals surface area contributed by atoms with Gasteiger partial charge in [0.2, 0.25) is 5.91 Å². The monoisotopic (exact) mass is 547 g/mol. The molecule has 0 aliphatic carbocycles. The number of ether oxygens (including phenoxy) is 3. The third-order valence-electron chi connectivity index (χ3n) is 5.81. The zero-order valence-corrected chi connectivity index (χ0v) is 22.1. The molecule has 0 spiro atoms. The molecule has 0 aliphatic rings. The summed E-state index contributed by atoms with van der Waals surface area (Å²) in [5.74, 6) is -0.571. The van der Waals surface area contributed by atoms with E-state index in [2.05, 4.69) is 10.6 Å². The van der Waals surface area contributed by atoms with Crippen LogP contribution in [0.3, 0.4) is 0 Å². The van der Waals surface area contributed by atoms with E-state index in [1.54, 1.807) is 84.9 Å². The molecule has 3 rings (SSSR count). The number of hydrogen-bond donors (Lipinski definition) is 4. The number of alkyl carbamates (subject to hydrolysis) is 1. The summed E-state index contributed by atoms with van der Waals surface area (Å²) in [4.78, 5) is 37.6. The van der Waals surface area contributed by atoms with Crippen LogP contribution in [0, 0.1) is 0 Å². The SMILES string of the molecule is CO[C@H](CC/C=C/C(=O)Nc1ccccc1N)[C@H](OC(=O)NC(=O)c1ccccc1)c1ccccc1OCCO. The van der Waals surface area contributed by atoms with Crippen LogP contribution in [-0.4, -0.2) is 49.4 Å². The first-order valence-electron chi connectivity index (χ1n) is 12.7. The highest BCUT2D eigenvalue weighted by atomic mass is 16.6. The van der Waals surface area contributed by atoms with Crippen LogP contribution in [0.4, 0.5) is 16.2 Å². The molecule has 0 fully saturated rings. The molecule has 2 atom stereocenters. The summed E-state index contributed by atoms with van der Waals surface area (Å²) in [7, 11) is 1.47. The fraction of sp³-hybridized carbons (Fsp3) is 0.233. The summed E-state index contributed by atoms with van der Waals surface area (Å²) in [6.07, 6.45) is 1.20. The number of imide groups is 1. The van der Waals surface area contributed by atoms with Crippen LogP contribution in [0.25, 0.3) is 0 Å². The fourth-order valence-electron chi connectivity index (χ4n) is 3.87. The first kappa shape index (κ1) is 29.9. The van der Waals surface area contributed by atoms with E-state index in [-0.39, 0.29) is 19.1 Å². The van der Waals surface area contributed by atoms with Gasteiger partial charge in [0.05, 0.1) is 24.1 Å². The molecule has 10 nitrogen and oxygen atoms in total. The second kappa shape index (κ2) is 15.7. The number of para-hydroxylation sites is 3. The molecule has 0 bridgehead atoms. The van der Waals surface area contributed by atoms with E-state index in [1.165, 1.54) is 13.2 Å². The van der Waals surface area contributed by atoms with Crippen molar-refractivity contribution in [2.45, 2.75) is 25.0 Å². The molecule has 210 valence electrons. The maximum atomic E-state index is 12.8. The minimum atomic E-state index is -0.977. The Morgan fingerprint density at radius 2 is 1.68 bits per heavy atom. The third kappa shape index (κ3) is 8.97. The average molecular weight is 548 g/mol. The Balaban J connectivity index is 1.73. The minimum Gasteiger partial charge on any atom is -0.491 e. The van der Waals surface area contributed by atoms with Crippen molar-refractivity contribution in [2.75, 3.05) is 31.4 Å². The normalized spacial score (nSPS) is 12.3. The van der Waals surface area contributed by atoms with Crippen molar-refractivity contribution in [1.29, 1.82) is 0 Å². The predicted molar refractivity (Wildman–Crippen MR) is 151 cm³/mol. The predicted octanol–water partition coefficient (Wildman–Crippen LogP) is 4.24. The van der Waals surface area contributed by atoms with E-state index in [1.807, 2.05) is 0 Å². The van der Waals surface area contributed by atoms with Crippen molar-refractivity contribution in [3.63, 3.8) is 0 Å². The molecule has 3 aromatic rings. The van der Waals surface area contributed by atoms with Gasteiger partial charge >= 0.3 is 6.09 Å². The molecule has 40 heavy (non-hydrogen) atoms. The molecule has 0 radical (unpaired) electrons. The molecule has 0 saturated carbocycles. The van der Waals surface area contributed by atoms with E-state index in [0.29, 0.717) is 41.1 Å². The van der Waals surface area contributed by atoms with Crippen molar-refractivity contribution >= 4 is 29.3 Å². The van der Waals surface area contributed by atoms with Gasteiger partial charge in [-0.3, -0.25) is 14.9 Å². The smallest absolute Gasteiger partial charge is 0.414 e. The van der Waals surface area contributed by atoms with E-state index in [0.717, 1.165) is 0 Å². The molecule has 0 unspecified atom stereocenters. The van der Waals surface area contributed by atoms with Gasteiger partial charge in [0, 0.05) is 18.2 Å². The molecular weight excluding hydrogens is 514 g/mol. The topological polar surface area (TPSA) is 149 Å². The summed E-state index contributed by atoms with van der Waals surface area (Å²) in [5, 5.41) is 14.2. The number of carbonyl (C=O) groups excluding carboxylic acids is 3. The van der Waals surface area contributed by atoms with E-state index in [9.17, 15) is 19.5 Å². The minimum absolute atomic E-state index is 0.0316. The number of allylic oxidation sites excluding steroid dienone is 1. The Kier molecular flexibility index (Phi) is 11.7. The van der Waals surface area contributed by atoms with Crippen molar-refractivity contribution in [1.82, 2.24) is 5.32 Å². The number of amides is 3.